The summed E-state index contributed by atoms with van der Waals surface area (Å²) in [6.45, 7) is 0.293. The third-order valence-electron chi connectivity index (χ3n) is 2.94. The fourth-order valence-electron chi connectivity index (χ4n) is 1.82. The minimum absolute atomic E-state index is 0.104. The van der Waals surface area contributed by atoms with Crippen molar-refractivity contribution in [2.24, 2.45) is 0 Å². The van der Waals surface area contributed by atoms with E-state index in [-0.39, 0.29) is 24.8 Å². The number of carbonyl (C=O) groups is 2. The molecule has 0 saturated carbocycles. The topological polar surface area (TPSA) is 80.1 Å². The van der Waals surface area contributed by atoms with Crippen molar-refractivity contribution in [2.45, 2.75) is 13.0 Å². The number of amides is 2. The third-order valence-corrected chi connectivity index (χ3v) is 2.94. The van der Waals surface area contributed by atoms with Crippen molar-refractivity contribution in [3.63, 3.8) is 0 Å². The second-order valence-electron chi connectivity index (χ2n) is 4.72. The molecule has 0 aliphatic carbocycles. The van der Waals surface area contributed by atoms with E-state index in [1.165, 1.54) is 42.8 Å². The van der Waals surface area contributed by atoms with Crippen LogP contribution < -0.4 is 5.32 Å². The van der Waals surface area contributed by atoms with Gasteiger partial charge in [0.05, 0.1) is 13.1 Å². The van der Waals surface area contributed by atoms with Gasteiger partial charge in [0, 0.05) is 19.2 Å². The summed E-state index contributed by atoms with van der Waals surface area (Å²) in [5, 5.41) is 6.43. The molecule has 0 radical (unpaired) electrons. The van der Waals surface area contributed by atoms with Gasteiger partial charge in [0.1, 0.15) is 18.5 Å². The minimum Gasteiger partial charge on any atom is -0.336 e. The highest BCUT2D eigenvalue weighted by Crippen LogP contribution is 2.09. The largest absolute Gasteiger partial charge is 0.336 e. The number of likely N-dealkylation sites (N-methyl/N-ethyl adjacent to an activating group) is 1. The molecule has 22 heavy (non-hydrogen) atoms. The first-order valence-electron chi connectivity index (χ1n) is 6.66. The summed E-state index contributed by atoms with van der Waals surface area (Å²) in [4.78, 5) is 28.8. The van der Waals surface area contributed by atoms with Crippen LogP contribution in [0.4, 0.5) is 10.1 Å². The van der Waals surface area contributed by atoms with E-state index in [0.29, 0.717) is 12.2 Å². The second kappa shape index (κ2) is 7.30. The highest BCUT2D eigenvalue weighted by molar-refractivity contribution is 5.94. The van der Waals surface area contributed by atoms with Gasteiger partial charge >= 0.3 is 0 Å². The normalized spacial score (nSPS) is 10.3. The number of hydrogen-bond acceptors (Lipinski definition) is 4. The molecule has 0 unspecified atom stereocenters. The zero-order valence-corrected chi connectivity index (χ0v) is 12.1. The Kier molecular flexibility index (Phi) is 5.18. The van der Waals surface area contributed by atoms with Crippen molar-refractivity contribution >= 4 is 17.5 Å². The zero-order chi connectivity index (χ0) is 15.9. The van der Waals surface area contributed by atoms with Gasteiger partial charge in [-0.05, 0) is 18.2 Å². The molecule has 1 heterocycles. The van der Waals surface area contributed by atoms with Crippen molar-refractivity contribution < 1.29 is 14.0 Å². The molecule has 2 amide bonds. The van der Waals surface area contributed by atoms with Gasteiger partial charge < -0.3 is 10.2 Å². The lowest BCUT2D eigenvalue weighted by molar-refractivity contribution is -0.133. The van der Waals surface area contributed by atoms with E-state index in [1.807, 2.05) is 0 Å². The van der Waals surface area contributed by atoms with Crippen molar-refractivity contribution in [3.8, 4) is 0 Å². The van der Waals surface area contributed by atoms with Crippen LogP contribution in [-0.2, 0) is 16.1 Å². The number of nitrogens with one attached hydrogen (secondary N) is 1. The van der Waals surface area contributed by atoms with Crippen LogP contribution in [0.15, 0.2) is 36.9 Å². The van der Waals surface area contributed by atoms with E-state index in [9.17, 15) is 14.0 Å². The van der Waals surface area contributed by atoms with Crippen LogP contribution in [0.2, 0.25) is 0 Å². The van der Waals surface area contributed by atoms with Crippen LogP contribution in [0.5, 0.6) is 0 Å². The van der Waals surface area contributed by atoms with Gasteiger partial charge in [-0.2, -0.15) is 5.10 Å². The molecule has 0 aliphatic heterocycles. The van der Waals surface area contributed by atoms with Crippen LogP contribution in [0.1, 0.15) is 6.42 Å². The SMILES string of the molecule is CN(CC(=O)Nc1cccc(F)c1)C(=O)CCn1cncn1. The molecule has 1 N–H and O–H groups in total. The van der Waals surface area contributed by atoms with Gasteiger partial charge in [-0.3, -0.25) is 14.3 Å². The highest BCUT2D eigenvalue weighted by Gasteiger charge is 2.13. The number of nitrogens with zero attached hydrogens (tertiary/aromatic N) is 4. The van der Waals surface area contributed by atoms with E-state index in [1.54, 1.807) is 10.7 Å². The molecule has 0 atom stereocenters. The molecule has 2 rings (SSSR count). The Hall–Kier alpha value is -2.77. The molecule has 7 nitrogen and oxygen atoms in total. The Labute approximate surface area is 126 Å². The molecular weight excluding hydrogens is 289 g/mol. The Morgan fingerprint density at radius 1 is 1.41 bits per heavy atom. The van der Waals surface area contributed by atoms with Crippen LogP contribution in [-0.4, -0.2) is 45.1 Å². The Morgan fingerprint density at radius 2 is 2.23 bits per heavy atom. The summed E-state index contributed by atoms with van der Waals surface area (Å²) in [5.74, 6) is -1.01. The number of carbonyl (C=O) groups excluding carboxylic acids is 2. The number of aryl methyl sites for hydroxylation is 1. The lowest BCUT2D eigenvalue weighted by Crippen LogP contribution is -2.35. The molecule has 0 saturated heterocycles. The molecule has 1 aromatic heterocycles. The first-order chi connectivity index (χ1) is 10.5. The van der Waals surface area contributed by atoms with Crippen LogP contribution >= 0.6 is 0 Å². The number of anilines is 1. The van der Waals surface area contributed by atoms with Gasteiger partial charge in [0.2, 0.25) is 11.8 Å². The van der Waals surface area contributed by atoms with Gasteiger partial charge in [-0.25, -0.2) is 9.37 Å². The van der Waals surface area contributed by atoms with E-state index >= 15 is 0 Å². The predicted octanol–water partition coefficient (Wildman–Crippen LogP) is 0.904. The molecule has 116 valence electrons. The van der Waals surface area contributed by atoms with Crippen LogP contribution in [0, 0.1) is 5.82 Å². The molecule has 2 aromatic rings. The first-order valence-corrected chi connectivity index (χ1v) is 6.66. The average molecular weight is 305 g/mol. The maximum absolute atomic E-state index is 13.0. The predicted molar refractivity (Wildman–Crippen MR) is 77.3 cm³/mol. The van der Waals surface area contributed by atoms with E-state index in [2.05, 4.69) is 15.4 Å². The lowest BCUT2D eigenvalue weighted by atomic mass is 10.3. The Bertz CT molecular complexity index is 644. The summed E-state index contributed by atoms with van der Waals surface area (Å²) in [7, 11) is 1.54. The van der Waals surface area contributed by atoms with Crippen molar-refractivity contribution in [2.75, 3.05) is 18.9 Å². The fourth-order valence-corrected chi connectivity index (χ4v) is 1.82. The number of aromatic nitrogens is 3. The zero-order valence-electron chi connectivity index (χ0n) is 12.1. The molecule has 0 spiro atoms. The number of hydrogen-bond donors (Lipinski definition) is 1. The Morgan fingerprint density at radius 3 is 2.91 bits per heavy atom. The molecular formula is C14H16FN5O2. The second-order valence-corrected chi connectivity index (χ2v) is 4.72. The van der Waals surface area contributed by atoms with Crippen molar-refractivity contribution in [3.05, 3.63) is 42.7 Å². The van der Waals surface area contributed by atoms with Crippen molar-refractivity contribution in [1.29, 1.82) is 0 Å². The summed E-state index contributed by atoms with van der Waals surface area (Å²) >= 11 is 0. The van der Waals surface area contributed by atoms with Gasteiger partial charge in [0.25, 0.3) is 0 Å². The maximum Gasteiger partial charge on any atom is 0.243 e. The number of benzene rings is 1. The average Bonchev–Trinajstić information content (AvgIpc) is 2.97. The summed E-state index contributed by atoms with van der Waals surface area (Å²) < 4.78 is 14.6. The fraction of sp³-hybridized carbons (Fsp3) is 0.286. The first kappa shape index (κ1) is 15.6. The summed E-state index contributed by atoms with van der Waals surface area (Å²) in [6.07, 6.45) is 3.12. The smallest absolute Gasteiger partial charge is 0.243 e. The standard InChI is InChI=1S/C14H16FN5O2/c1-19(14(22)5-6-20-10-16-9-17-20)8-13(21)18-12-4-2-3-11(15)7-12/h2-4,7,9-10H,5-6,8H2,1H3,(H,18,21). The quantitative estimate of drug-likeness (QED) is 0.860. The van der Waals surface area contributed by atoms with Crippen molar-refractivity contribution in [1.82, 2.24) is 19.7 Å². The molecule has 0 aliphatic rings. The highest BCUT2D eigenvalue weighted by atomic mass is 19.1. The number of halogens is 1. The van der Waals surface area contributed by atoms with Crippen LogP contribution in [0.3, 0.4) is 0 Å². The maximum atomic E-state index is 13.0. The Balaban J connectivity index is 1.79. The molecule has 8 heteroatoms. The van der Waals surface area contributed by atoms with Gasteiger partial charge in [-0.1, -0.05) is 6.07 Å². The summed E-state index contributed by atoms with van der Waals surface area (Å²) in [5.41, 5.74) is 0.355. The molecule has 1 aromatic carbocycles. The van der Waals surface area contributed by atoms with E-state index in [0.717, 1.165) is 0 Å². The molecule has 0 bridgehead atoms. The lowest BCUT2D eigenvalue weighted by Gasteiger charge is -2.16. The summed E-state index contributed by atoms with van der Waals surface area (Å²) in [6, 6.07) is 5.57. The van der Waals surface area contributed by atoms with E-state index < -0.39 is 5.82 Å². The van der Waals surface area contributed by atoms with Crippen LogP contribution in [0.25, 0.3) is 0 Å². The van der Waals surface area contributed by atoms with Gasteiger partial charge in [0.15, 0.2) is 0 Å². The van der Waals surface area contributed by atoms with E-state index in [4.69, 9.17) is 0 Å². The minimum atomic E-state index is -0.435. The van der Waals surface area contributed by atoms with Gasteiger partial charge in [-0.15, -0.1) is 0 Å². The third kappa shape index (κ3) is 4.65. The monoisotopic (exact) mass is 305 g/mol. The number of rotatable bonds is 6. The molecule has 0 fully saturated rings.